The molecule has 0 bridgehead atoms. The van der Waals surface area contributed by atoms with E-state index in [1.165, 1.54) is 6.20 Å². The molecule has 1 heterocycles. The van der Waals surface area contributed by atoms with Crippen LogP contribution in [0.2, 0.25) is 0 Å². The monoisotopic (exact) mass is 265 g/mol. The number of unbranched alkanes of at least 4 members (excludes halogenated alkanes) is 1. The highest BCUT2D eigenvalue weighted by Gasteiger charge is 2.19. The fourth-order valence-electron chi connectivity index (χ4n) is 1.53. The van der Waals surface area contributed by atoms with Crippen molar-refractivity contribution in [1.29, 1.82) is 0 Å². The van der Waals surface area contributed by atoms with Crippen molar-refractivity contribution in [3.63, 3.8) is 0 Å². The van der Waals surface area contributed by atoms with Gasteiger partial charge in [0, 0.05) is 5.69 Å². The Balaban J connectivity index is 2.52. The van der Waals surface area contributed by atoms with E-state index in [0.717, 1.165) is 18.5 Å². The molecule has 1 rings (SSSR count). The zero-order valence-corrected chi connectivity index (χ0v) is 11.1. The third-order valence-electron chi connectivity index (χ3n) is 2.62. The summed E-state index contributed by atoms with van der Waals surface area (Å²) in [6.07, 6.45) is 3.58. The van der Waals surface area contributed by atoms with Crippen molar-refractivity contribution in [2.45, 2.75) is 39.2 Å². The maximum absolute atomic E-state index is 11.7. The number of hydrogen-bond donors (Lipinski definition) is 3. The van der Waals surface area contributed by atoms with Gasteiger partial charge < -0.3 is 15.7 Å². The number of carbonyl (C=O) groups is 2. The predicted molar refractivity (Wildman–Crippen MR) is 72.1 cm³/mol. The Morgan fingerprint density at radius 1 is 1.42 bits per heavy atom. The average molecular weight is 265 g/mol. The second-order valence-electron chi connectivity index (χ2n) is 4.32. The molecule has 0 aliphatic heterocycles. The standard InChI is InChI=1S/C13H19N3O3/c1-3-4-5-11(12(17)18)16-13(19)15-10-7-6-9(2)14-8-10/h6-8,11H,3-5H2,1-2H3,(H,17,18)(H2,15,16,19)/t11-/m0/s1. The smallest absolute Gasteiger partial charge is 0.326 e. The SMILES string of the molecule is CCCC[C@H](NC(=O)Nc1ccc(C)nc1)C(=O)O. The number of rotatable bonds is 6. The van der Waals surface area contributed by atoms with Crippen LogP contribution in [-0.4, -0.2) is 28.1 Å². The number of aliphatic carboxylic acids is 1. The van der Waals surface area contributed by atoms with E-state index in [-0.39, 0.29) is 0 Å². The van der Waals surface area contributed by atoms with E-state index in [0.29, 0.717) is 12.1 Å². The molecule has 0 saturated heterocycles. The van der Waals surface area contributed by atoms with Gasteiger partial charge in [0.25, 0.3) is 0 Å². The van der Waals surface area contributed by atoms with E-state index < -0.39 is 18.0 Å². The van der Waals surface area contributed by atoms with E-state index in [1.807, 2.05) is 13.8 Å². The maximum Gasteiger partial charge on any atom is 0.326 e. The van der Waals surface area contributed by atoms with Gasteiger partial charge in [-0.3, -0.25) is 4.98 Å². The lowest BCUT2D eigenvalue weighted by Gasteiger charge is -2.14. The average Bonchev–Trinajstić information content (AvgIpc) is 2.37. The lowest BCUT2D eigenvalue weighted by atomic mass is 10.1. The highest BCUT2D eigenvalue weighted by molar-refractivity contribution is 5.92. The van der Waals surface area contributed by atoms with Gasteiger partial charge in [0.1, 0.15) is 6.04 Å². The summed E-state index contributed by atoms with van der Waals surface area (Å²) in [7, 11) is 0. The summed E-state index contributed by atoms with van der Waals surface area (Å²) < 4.78 is 0. The minimum Gasteiger partial charge on any atom is -0.480 e. The minimum atomic E-state index is -1.02. The number of amides is 2. The number of pyridine rings is 1. The largest absolute Gasteiger partial charge is 0.480 e. The number of hydrogen-bond acceptors (Lipinski definition) is 3. The Labute approximate surface area is 112 Å². The van der Waals surface area contributed by atoms with E-state index in [4.69, 9.17) is 5.11 Å². The molecule has 0 radical (unpaired) electrons. The first-order valence-corrected chi connectivity index (χ1v) is 6.26. The zero-order valence-electron chi connectivity index (χ0n) is 11.1. The van der Waals surface area contributed by atoms with Crippen LogP contribution in [-0.2, 0) is 4.79 Å². The second kappa shape index (κ2) is 7.35. The maximum atomic E-state index is 11.7. The molecule has 0 aromatic carbocycles. The molecule has 1 aromatic heterocycles. The summed E-state index contributed by atoms with van der Waals surface area (Å²) in [5, 5.41) is 14.0. The van der Waals surface area contributed by atoms with Crippen molar-refractivity contribution in [2.24, 2.45) is 0 Å². The van der Waals surface area contributed by atoms with Crippen LogP contribution >= 0.6 is 0 Å². The second-order valence-corrected chi connectivity index (χ2v) is 4.32. The molecule has 1 aromatic rings. The molecule has 6 heteroatoms. The minimum absolute atomic E-state index is 0.422. The van der Waals surface area contributed by atoms with E-state index in [2.05, 4.69) is 15.6 Å². The van der Waals surface area contributed by atoms with Crippen LogP contribution < -0.4 is 10.6 Å². The number of carboxylic acid groups (broad SMARTS) is 1. The predicted octanol–water partition coefficient (Wildman–Crippen LogP) is 2.15. The Morgan fingerprint density at radius 3 is 2.68 bits per heavy atom. The van der Waals surface area contributed by atoms with E-state index >= 15 is 0 Å². The van der Waals surface area contributed by atoms with Crippen molar-refractivity contribution in [2.75, 3.05) is 5.32 Å². The van der Waals surface area contributed by atoms with Gasteiger partial charge in [-0.2, -0.15) is 0 Å². The highest BCUT2D eigenvalue weighted by atomic mass is 16.4. The Hall–Kier alpha value is -2.11. The highest BCUT2D eigenvalue weighted by Crippen LogP contribution is 2.06. The van der Waals surface area contributed by atoms with Gasteiger partial charge in [0.2, 0.25) is 0 Å². The number of carbonyl (C=O) groups excluding carboxylic acids is 1. The van der Waals surface area contributed by atoms with Gasteiger partial charge in [0.05, 0.1) is 11.9 Å². The molecule has 1 atom stereocenters. The molecule has 0 fully saturated rings. The molecule has 0 saturated carbocycles. The third kappa shape index (κ3) is 5.37. The number of carboxylic acids is 1. The van der Waals surface area contributed by atoms with Crippen LogP contribution in [0.1, 0.15) is 31.9 Å². The molecular weight excluding hydrogens is 246 g/mol. The van der Waals surface area contributed by atoms with Gasteiger partial charge in [-0.25, -0.2) is 9.59 Å². The van der Waals surface area contributed by atoms with Crippen molar-refractivity contribution in [3.8, 4) is 0 Å². The first-order chi connectivity index (χ1) is 9.02. The topological polar surface area (TPSA) is 91.3 Å². The zero-order chi connectivity index (χ0) is 14.3. The lowest BCUT2D eigenvalue weighted by Crippen LogP contribution is -2.42. The molecular formula is C13H19N3O3. The number of nitrogens with zero attached hydrogens (tertiary/aromatic N) is 1. The van der Waals surface area contributed by atoms with Gasteiger partial charge >= 0.3 is 12.0 Å². The van der Waals surface area contributed by atoms with Crippen molar-refractivity contribution in [3.05, 3.63) is 24.0 Å². The van der Waals surface area contributed by atoms with Gasteiger partial charge in [0.15, 0.2) is 0 Å². The quantitative estimate of drug-likeness (QED) is 0.735. The fourth-order valence-corrected chi connectivity index (χ4v) is 1.53. The summed E-state index contributed by atoms with van der Waals surface area (Å²) >= 11 is 0. The molecule has 2 amide bonds. The summed E-state index contributed by atoms with van der Waals surface area (Å²) in [5.74, 6) is -1.02. The normalized spacial score (nSPS) is 11.7. The first-order valence-electron chi connectivity index (χ1n) is 6.26. The summed E-state index contributed by atoms with van der Waals surface area (Å²) in [6.45, 7) is 3.81. The Kier molecular flexibility index (Phi) is 5.78. The van der Waals surface area contributed by atoms with Crippen LogP contribution in [0.15, 0.2) is 18.3 Å². The lowest BCUT2D eigenvalue weighted by molar-refractivity contribution is -0.139. The van der Waals surface area contributed by atoms with Crippen LogP contribution in [0.5, 0.6) is 0 Å². The van der Waals surface area contributed by atoms with Gasteiger partial charge in [-0.1, -0.05) is 19.8 Å². The van der Waals surface area contributed by atoms with Crippen LogP contribution in [0, 0.1) is 6.92 Å². The number of aryl methyl sites for hydroxylation is 1. The Morgan fingerprint density at radius 2 is 2.16 bits per heavy atom. The van der Waals surface area contributed by atoms with Crippen LogP contribution in [0.3, 0.4) is 0 Å². The van der Waals surface area contributed by atoms with Crippen molar-refractivity contribution in [1.82, 2.24) is 10.3 Å². The molecule has 0 spiro atoms. The molecule has 104 valence electrons. The summed E-state index contributed by atoms with van der Waals surface area (Å²) in [4.78, 5) is 26.7. The molecule has 0 aliphatic carbocycles. The van der Waals surface area contributed by atoms with E-state index in [1.54, 1.807) is 12.1 Å². The molecule has 19 heavy (non-hydrogen) atoms. The van der Waals surface area contributed by atoms with E-state index in [9.17, 15) is 9.59 Å². The molecule has 3 N–H and O–H groups in total. The molecule has 0 unspecified atom stereocenters. The number of anilines is 1. The number of urea groups is 1. The number of aromatic nitrogens is 1. The van der Waals surface area contributed by atoms with Crippen LogP contribution in [0.4, 0.5) is 10.5 Å². The van der Waals surface area contributed by atoms with Gasteiger partial charge in [-0.05, 0) is 25.5 Å². The number of nitrogens with one attached hydrogen (secondary N) is 2. The Bertz CT molecular complexity index is 431. The fraction of sp³-hybridized carbons (Fsp3) is 0.462. The van der Waals surface area contributed by atoms with Crippen molar-refractivity contribution < 1.29 is 14.7 Å². The third-order valence-corrected chi connectivity index (χ3v) is 2.62. The molecule has 6 nitrogen and oxygen atoms in total. The van der Waals surface area contributed by atoms with Crippen molar-refractivity contribution >= 4 is 17.7 Å². The van der Waals surface area contributed by atoms with Crippen LogP contribution in [0.25, 0.3) is 0 Å². The first kappa shape index (κ1) is 14.9. The van der Waals surface area contributed by atoms with Gasteiger partial charge in [-0.15, -0.1) is 0 Å². The molecule has 0 aliphatic rings. The summed E-state index contributed by atoms with van der Waals surface area (Å²) in [5.41, 5.74) is 1.38. The summed E-state index contributed by atoms with van der Waals surface area (Å²) in [6, 6.07) is 2.08.